The van der Waals surface area contributed by atoms with E-state index < -0.39 is 0 Å². The maximum absolute atomic E-state index is 13.4. The number of aromatic nitrogens is 2. The van der Waals surface area contributed by atoms with Gasteiger partial charge in [-0.05, 0) is 30.1 Å². The summed E-state index contributed by atoms with van der Waals surface area (Å²) in [7, 11) is 0. The van der Waals surface area contributed by atoms with Gasteiger partial charge >= 0.3 is 0 Å². The van der Waals surface area contributed by atoms with Gasteiger partial charge in [-0.3, -0.25) is 4.98 Å². The van der Waals surface area contributed by atoms with Crippen LogP contribution in [0.15, 0.2) is 41.7 Å². The maximum Gasteiger partial charge on any atom is 0.154 e. The fourth-order valence-electron chi connectivity index (χ4n) is 1.06. The van der Waals surface area contributed by atoms with E-state index in [0.717, 1.165) is 11.9 Å². The molecule has 0 aliphatic heterocycles. The third-order valence-corrected chi connectivity index (χ3v) is 2.65. The Bertz CT molecular complexity index is 478. The SMILES string of the molecule is Nc1ccc(SNc2cnccn2)c(F)c1. The molecule has 0 aliphatic carbocycles. The van der Waals surface area contributed by atoms with Crippen LogP contribution in [0.2, 0.25) is 0 Å². The molecule has 2 aromatic rings. The second-order valence-electron chi connectivity index (χ2n) is 2.98. The average Bonchev–Trinajstić information content (AvgIpc) is 2.29. The molecule has 0 atom stereocenters. The largest absolute Gasteiger partial charge is 0.399 e. The Hall–Kier alpha value is -1.82. The van der Waals surface area contributed by atoms with E-state index in [0.29, 0.717) is 16.4 Å². The van der Waals surface area contributed by atoms with E-state index in [9.17, 15) is 4.39 Å². The number of anilines is 2. The predicted molar refractivity (Wildman–Crippen MR) is 62.3 cm³/mol. The highest BCUT2D eigenvalue weighted by Gasteiger charge is 2.03. The van der Waals surface area contributed by atoms with Gasteiger partial charge in [0.25, 0.3) is 0 Å². The molecule has 0 amide bonds. The van der Waals surface area contributed by atoms with Crippen LogP contribution in [0, 0.1) is 5.82 Å². The van der Waals surface area contributed by atoms with Gasteiger partial charge in [0.15, 0.2) is 5.82 Å². The molecule has 1 aromatic heterocycles. The second-order valence-corrected chi connectivity index (χ2v) is 3.83. The molecule has 0 fully saturated rings. The minimum Gasteiger partial charge on any atom is -0.399 e. The zero-order valence-corrected chi connectivity index (χ0v) is 9.04. The van der Waals surface area contributed by atoms with Crippen LogP contribution in [0.4, 0.5) is 15.9 Å². The maximum atomic E-state index is 13.4. The van der Waals surface area contributed by atoms with Gasteiger partial charge in [-0.15, -0.1) is 0 Å². The molecule has 0 bridgehead atoms. The van der Waals surface area contributed by atoms with Gasteiger partial charge in [0.1, 0.15) is 5.82 Å². The Morgan fingerprint density at radius 3 is 2.88 bits per heavy atom. The van der Waals surface area contributed by atoms with Gasteiger partial charge in [-0.2, -0.15) is 0 Å². The summed E-state index contributed by atoms with van der Waals surface area (Å²) in [6, 6.07) is 4.53. The van der Waals surface area contributed by atoms with E-state index in [2.05, 4.69) is 14.7 Å². The number of benzene rings is 1. The molecule has 2 rings (SSSR count). The van der Waals surface area contributed by atoms with E-state index in [1.54, 1.807) is 30.7 Å². The molecule has 82 valence electrons. The normalized spacial score (nSPS) is 10.1. The Kier molecular flexibility index (Phi) is 3.21. The highest BCUT2D eigenvalue weighted by atomic mass is 32.2. The zero-order chi connectivity index (χ0) is 11.4. The summed E-state index contributed by atoms with van der Waals surface area (Å²) in [5.74, 6) is 0.213. The Morgan fingerprint density at radius 1 is 1.31 bits per heavy atom. The number of nitrogens with one attached hydrogen (secondary N) is 1. The molecule has 0 saturated heterocycles. The number of hydrogen-bond acceptors (Lipinski definition) is 5. The van der Waals surface area contributed by atoms with Crippen LogP contribution in [0.25, 0.3) is 0 Å². The van der Waals surface area contributed by atoms with Crippen LogP contribution in [-0.4, -0.2) is 9.97 Å². The van der Waals surface area contributed by atoms with Crippen molar-refractivity contribution in [1.29, 1.82) is 0 Å². The van der Waals surface area contributed by atoms with E-state index >= 15 is 0 Å². The Balaban J connectivity index is 2.05. The topological polar surface area (TPSA) is 63.8 Å². The van der Waals surface area contributed by atoms with Crippen molar-refractivity contribution < 1.29 is 4.39 Å². The highest BCUT2D eigenvalue weighted by Crippen LogP contribution is 2.23. The summed E-state index contributed by atoms with van der Waals surface area (Å²) in [6.45, 7) is 0. The molecule has 3 N–H and O–H groups in total. The first-order valence-corrected chi connectivity index (χ1v) is 5.31. The lowest BCUT2D eigenvalue weighted by Crippen LogP contribution is -1.93. The smallest absolute Gasteiger partial charge is 0.154 e. The number of nitrogens with zero attached hydrogens (tertiary/aromatic N) is 2. The van der Waals surface area contributed by atoms with Crippen LogP contribution in [0.1, 0.15) is 0 Å². The van der Waals surface area contributed by atoms with Crippen molar-refractivity contribution in [3.63, 3.8) is 0 Å². The van der Waals surface area contributed by atoms with E-state index in [4.69, 9.17) is 5.73 Å². The fraction of sp³-hybridized carbons (Fsp3) is 0. The van der Waals surface area contributed by atoms with Crippen molar-refractivity contribution in [2.75, 3.05) is 10.5 Å². The molecule has 6 heteroatoms. The third kappa shape index (κ3) is 2.60. The van der Waals surface area contributed by atoms with Crippen LogP contribution in [0.5, 0.6) is 0 Å². The molecule has 1 heterocycles. The summed E-state index contributed by atoms with van der Waals surface area (Å²) in [5, 5.41) is 0. The van der Waals surface area contributed by atoms with Crippen molar-refractivity contribution in [3.05, 3.63) is 42.6 Å². The van der Waals surface area contributed by atoms with Gasteiger partial charge in [0, 0.05) is 18.1 Å². The first-order chi connectivity index (χ1) is 7.75. The zero-order valence-electron chi connectivity index (χ0n) is 8.22. The summed E-state index contributed by atoms with van der Waals surface area (Å²) >= 11 is 1.13. The van der Waals surface area contributed by atoms with Gasteiger partial charge in [-0.25, -0.2) is 9.37 Å². The minimum absolute atomic E-state index is 0.360. The van der Waals surface area contributed by atoms with Gasteiger partial charge in [0.2, 0.25) is 0 Å². The Labute approximate surface area is 96.2 Å². The van der Waals surface area contributed by atoms with Gasteiger partial charge in [0.05, 0.1) is 11.1 Å². The van der Waals surface area contributed by atoms with Crippen molar-refractivity contribution in [2.24, 2.45) is 0 Å². The van der Waals surface area contributed by atoms with Crippen LogP contribution >= 0.6 is 11.9 Å². The number of nitrogen functional groups attached to an aromatic ring is 1. The minimum atomic E-state index is -0.360. The molecular weight excluding hydrogens is 227 g/mol. The number of halogens is 1. The molecule has 4 nitrogen and oxygen atoms in total. The quantitative estimate of drug-likeness (QED) is 0.632. The van der Waals surface area contributed by atoms with E-state index in [-0.39, 0.29) is 5.82 Å². The van der Waals surface area contributed by atoms with Crippen molar-refractivity contribution >= 4 is 23.5 Å². The number of nitrogens with two attached hydrogens (primary N) is 1. The van der Waals surface area contributed by atoms with Crippen LogP contribution in [-0.2, 0) is 0 Å². The molecular formula is C10H9FN4S. The predicted octanol–water partition coefficient (Wildman–Crippen LogP) is 2.32. The van der Waals surface area contributed by atoms with Crippen molar-refractivity contribution in [2.45, 2.75) is 4.90 Å². The van der Waals surface area contributed by atoms with E-state index in [1.165, 1.54) is 6.07 Å². The summed E-state index contributed by atoms with van der Waals surface area (Å²) in [6.07, 6.45) is 4.68. The second kappa shape index (κ2) is 4.80. The fourth-order valence-corrected chi connectivity index (χ4v) is 1.67. The average molecular weight is 236 g/mol. The molecule has 1 aromatic carbocycles. The van der Waals surface area contributed by atoms with Crippen molar-refractivity contribution in [1.82, 2.24) is 9.97 Å². The lowest BCUT2D eigenvalue weighted by Gasteiger charge is -2.05. The molecule has 0 saturated carbocycles. The van der Waals surface area contributed by atoms with E-state index in [1.807, 2.05) is 0 Å². The Morgan fingerprint density at radius 2 is 2.19 bits per heavy atom. The van der Waals surface area contributed by atoms with Crippen LogP contribution in [0.3, 0.4) is 0 Å². The first kappa shape index (κ1) is 10.7. The van der Waals surface area contributed by atoms with Crippen molar-refractivity contribution in [3.8, 4) is 0 Å². The third-order valence-electron chi connectivity index (χ3n) is 1.78. The number of hydrogen-bond donors (Lipinski definition) is 2. The lowest BCUT2D eigenvalue weighted by atomic mass is 10.3. The van der Waals surface area contributed by atoms with Gasteiger partial charge in [-0.1, -0.05) is 0 Å². The van der Waals surface area contributed by atoms with Gasteiger partial charge < -0.3 is 10.5 Å². The molecule has 0 aliphatic rings. The molecule has 0 unspecified atom stereocenters. The highest BCUT2D eigenvalue weighted by molar-refractivity contribution is 8.00. The lowest BCUT2D eigenvalue weighted by molar-refractivity contribution is 0.603. The monoisotopic (exact) mass is 236 g/mol. The number of rotatable bonds is 3. The van der Waals surface area contributed by atoms with Crippen LogP contribution < -0.4 is 10.5 Å². The standard InChI is InChI=1S/C10H9FN4S/c11-8-5-7(12)1-2-9(8)16-15-10-6-13-3-4-14-10/h1-6H,12H2,(H,14,15). The first-order valence-electron chi connectivity index (χ1n) is 4.49. The molecule has 16 heavy (non-hydrogen) atoms. The summed E-state index contributed by atoms with van der Waals surface area (Å²) < 4.78 is 16.3. The summed E-state index contributed by atoms with van der Waals surface area (Å²) in [5.41, 5.74) is 5.85. The summed E-state index contributed by atoms with van der Waals surface area (Å²) in [4.78, 5) is 8.34. The molecule has 0 radical (unpaired) electrons. The molecule has 0 spiro atoms.